The fourth-order valence-corrected chi connectivity index (χ4v) is 1.83. The maximum absolute atomic E-state index is 9.79. The van der Waals surface area contributed by atoms with E-state index in [-0.39, 0.29) is 0 Å². The van der Waals surface area contributed by atoms with Crippen LogP contribution in [0, 0.1) is 0 Å². The topological polar surface area (TPSA) is 96.3 Å². The third-order valence-corrected chi connectivity index (χ3v) is 2.85. The summed E-state index contributed by atoms with van der Waals surface area (Å²) in [5.74, 6) is 0. The molecule has 0 bridgehead atoms. The van der Waals surface area contributed by atoms with Crippen LogP contribution in [0.15, 0.2) is 18.2 Å². The summed E-state index contributed by atoms with van der Waals surface area (Å²) in [7, 11) is 0. The lowest BCUT2D eigenvalue weighted by atomic mass is 10.1. The van der Waals surface area contributed by atoms with Crippen molar-refractivity contribution in [3.05, 3.63) is 34.9 Å². The fraction of sp³-hybridized carbons (Fsp3) is 0.571. The van der Waals surface area contributed by atoms with E-state index in [1.807, 2.05) is 32.0 Å². The maximum Gasteiger partial charge on any atom is 0.117 e. The largest absolute Gasteiger partial charge is 0.377 e. The fourth-order valence-electron chi connectivity index (χ4n) is 1.83. The molecular formula is C14H26N4O. The van der Waals surface area contributed by atoms with Crippen LogP contribution in [-0.2, 0) is 19.6 Å². The number of hydrogen-bond acceptors (Lipinski definition) is 5. The number of rotatable bonds is 8. The van der Waals surface area contributed by atoms with E-state index in [0.717, 1.165) is 16.7 Å². The van der Waals surface area contributed by atoms with Crippen molar-refractivity contribution in [3.63, 3.8) is 0 Å². The molecule has 1 aromatic carbocycles. The SMILES string of the molecule is CC(C)NCC(O)NCc1cc(CN)cc(CN)c1. The highest BCUT2D eigenvalue weighted by atomic mass is 16.3. The van der Waals surface area contributed by atoms with Gasteiger partial charge in [-0.25, -0.2) is 0 Å². The molecule has 1 rings (SSSR count). The summed E-state index contributed by atoms with van der Waals surface area (Å²) in [6.07, 6.45) is -0.565. The number of benzene rings is 1. The molecule has 19 heavy (non-hydrogen) atoms. The van der Waals surface area contributed by atoms with Gasteiger partial charge in [0.05, 0.1) is 0 Å². The molecule has 7 N–H and O–H groups in total. The Balaban J connectivity index is 2.52. The van der Waals surface area contributed by atoms with Gasteiger partial charge in [0, 0.05) is 32.2 Å². The van der Waals surface area contributed by atoms with Gasteiger partial charge in [0.25, 0.3) is 0 Å². The van der Waals surface area contributed by atoms with Gasteiger partial charge >= 0.3 is 0 Å². The van der Waals surface area contributed by atoms with Crippen molar-refractivity contribution < 1.29 is 5.11 Å². The molecule has 0 aliphatic carbocycles. The molecule has 0 heterocycles. The molecule has 0 aliphatic rings. The number of hydrogen-bond donors (Lipinski definition) is 5. The van der Waals surface area contributed by atoms with Crippen LogP contribution >= 0.6 is 0 Å². The van der Waals surface area contributed by atoms with Crippen molar-refractivity contribution >= 4 is 0 Å². The molecule has 0 fully saturated rings. The van der Waals surface area contributed by atoms with Crippen LogP contribution in [0.2, 0.25) is 0 Å². The van der Waals surface area contributed by atoms with Gasteiger partial charge in [-0.15, -0.1) is 0 Å². The molecule has 0 aliphatic heterocycles. The summed E-state index contributed by atoms with van der Waals surface area (Å²) in [5.41, 5.74) is 14.5. The van der Waals surface area contributed by atoms with Crippen molar-refractivity contribution in [1.82, 2.24) is 10.6 Å². The van der Waals surface area contributed by atoms with Gasteiger partial charge < -0.3 is 21.9 Å². The van der Waals surface area contributed by atoms with Gasteiger partial charge in [-0.3, -0.25) is 5.32 Å². The second kappa shape index (κ2) is 8.24. The first-order valence-corrected chi connectivity index (χ1v) is 6.71. The van der Waals surface area contributed by atoms with Crippen molar-refractivity contribution in [3.8, 4) is 0 Å². The third kappa shape index (κ3) is 6.13. The van der Waals surface area contributed by atoms with Crippen LogP contribution in [0.25, 0.3) is 0 Å². The minimum absolute atomic E-state index is 0.362. The standard InChI is InChI=1S/C14H26N4O/c1-10(2)17-9-14(19)18-8-13-4-11(6-15)3-12(5-13)7-16/h3-5,10,14,17-19H,6-9,15-16H2,1-2H3. The quantitative estimate of drug-likeness (QED) is 0.427. The van der Waals surface area contributed by atoms with E-state index in [1.54, 1.807) is 0 Å². The van der Waals surface area contributed by atoms with Gasteiger partial charge in [0.15, 0.2) is 0 Å². The Labute approximate surface area is 115 Å². The Morgan fingerprint density at radius 3 is 2.00 bits per heavy atom. The normalized spacial score (nSPS) is 12.9. The van der Waals surface area contributed by atoms with Crippen LogP contribution in [0.4, 0.5) is 0 Å². The van der Waals surface area contributed by atoms with Gasteiger partial charge in [0.1, 0.15) is 6.23 Å². The van der Waals surface area contributed by atoms with Crippen LogP contribution in [-0.4, -0.2) is 23.9 Å². The predicted molar refractivity (Wildman–Crippen MR) is 78.2 cm³/mol. The van der Waals surface area contributed by atoms with Gasteiger partial charge in [-0.2, -0.15) is 0 Å². The molecule has 108 valence electrons. The lowest BCUT2D eigenvalue weighted by Gasteiger charge is -2.16. The molecule has 0 aromatic heterocycles. The van der Waals surface area contributed by atoms with Crippen LogP contribution < -0.4 is 22.1 Å². The Morgan fingerprint density at radius 1 is 1.00 bits per heavy atom. The molecule has 0 amide bonds. The molecule has 1 atom stereocenters. The number of nitrogens with two attached hydrogens (primary N) is 2. The van der Waals surface area contributed by atoms with Crippen LogP contribution in [0.1, 0.15) is 30.5 Å². The minimum Gasteiger partial charge on any atom is -0.377 e. The van der Waals surface area contributed by atoms with Crippen molar-refractivity contribution in [2.75, 3.05) is 6.54 Å². The summed E-state index contributed by atoms with van der Waals surface area (Å²) in [4.78, 5) is 0. The highest BCUT2D eigenvalue weighted by Crippen LogP contribution is 2.10. The lowest BCUT2D eigenvalue weighted by Crippen LogP contribution is -2.40. The molecule has 0 saturated heterocycles. The zero-order valence-corrected chi connectivity index (χ0v) is 11.8. The molecule has 1 aromatic rings. The minimum atomic E-state index is -0.565. The van der Waals surface area contributed by atoms with E-state index in [9.17, 15) is 5.11 Å². The average molecular weight is 266 g/mol. The zero-order valence-electron chi connectivity index (χ0n) is 11.8. The van der Waals surface area contributed by atoms with E-state index in [0.29, 0.717) is 32.2 Å². The molecule has 5 nitrogen and oxygen atoms in total. The molecule has 0 radical (unpaired) electrons. The summed E-state index contributed by atoms with van der Waals surface area (Å²) in [6, 6.07) is 6.45. The Hall–Kier alpha value is -0.980. The van der Waals surface area contributed by atoms with Gasteiger partial charge in [-0.1, -0.05) is 32.0 Å². The first-order chi connectivity index (χ1) is 9.05. The number of aliphatic hydroxyl groups excluding tert-OH is 1. The van der Waals surface area contributed by atoms with Crippen molar-refractivity contribution in [2.45, 2.75) is 45.8 Å². The van der Waals surface area contributed by atoms with E-state index in [1.165, 1.54) is 0 Å². The molecule has 0 spiro atoms. The molecule has 5 heteroatoms. The lowest BCUT2D eigenvalue weighted by molar-refractivity contribution is 0.131. The first-order valence-electron chi connectivity index (χ1n) is 6.71. The maximum atomic E-state index is 9.79. The van der Waals surface area contributed by atoms with Gasteiger partial charge in [0.2, 0.25) is 0 Å². The van der Waals surface area contributed by atoms with E-state index in [2.05, 4.69) is 10.6 Å². The van der Waals surface area contributed by atoms with E-state index >= 15 is 0 Å². The van der Waals surface area contributed by atoms with Crippen molar-refractivity contribution in [2.24, 2.45) is 11.5 Å². The second-order valence-corrected chi connectivity index (χ2v) is 5.03. The van der Waals surface area contributed by atoms with Gasteiger partial charge in [-0.05, 0) is 16.7 Å². The molecule has 1 unspecified atom stereocenters. The highest BCUT2D eigenvalue weighted by molar-refractivity contribution is 5.30. The smallest absolute Gasteiger partial charge is 0.117 e. The molecular weight excluding hydrogens is 240 g/mol. The van der Waals surface area contributed by atoms with Crippen LogP contribution in [0.5, 0.6) is 0 Å². The second-order valence-electron chi connectivity index (χ2n) is 5.03. The highest BCUT2D eigenvalue weighted by Gasteiger charge is 2.05. The number of nitrogens with one attached hydrogen (secondary N) is 2. The predicted octanol–water partition coefficient (Wildman–Crippen LogP) is 0.0100. The average Bonchev–Trinajstić information content (AvgIpc) is 2.42. The monoisotopic (exact) mass is 266 g/mol. The Morgan fingerprint density at radius 2 is 1.53 bits per heavy atom. The first kappa shape index (κ1) is 16.1. The Kier molecular flexibility index (Phi) is 6.97. The summed E-state index contributed by atoms with van der Waals surface area (Å²) in [5, 5.41) is 16.0. The van der Waals surface area contributed by atoms with Crippen LogP contribution in [0.3, 0.4) is 0 Å². The number of aliphatic hydroxyl groups is 1. The zero-order chi connectivity index (χ0) is 14.3. The van der Waals surface area contributed by atoms with E-state index in [4.69, 9.17) is 11.5 Å². The molecule has 0 saturated carbocycles. The summed E-state index contributed by atoms with van der Waals surface area (Å²) >= 11 is 0. The third-order valence-electron chi connectivity index (χ3n) is 2.85. The van der Waals surface area contributed by atoms with Crippen molar-refractivity contribution in [1.29, 1.82) is 0 Å². The summed E-state index contributed by atoms with van der Waals surface area (Å²) < 4.78 is 0. The Bertz CT molecular complexity index is 359. The van der Waals surface area contributed by atoms with E-state index < -0.39 is 6.23 Å². The summed E-state index contributed by atoms with van der Waals surface area (Å²) in [6.45, 7) is 6.21.